The van der Waals surface area contributed by atoms with E-state index in [0.717, 1.165) is 11.0 Å². The van der Waals surface area contributed by atoms with E-state index in [0.29, 0.717) is 4.95 Å². The lowest BCUT2D eigenvalue weighted by molar-refractivity contribution is 1.18. The topological polar surface area (TPSA) is 12.0 Å². The Labute approximate surface area is 83.4 Å². The molecule has 60 valence electrons. The molecule has 1 unspecified atom stereocenters. The van der Waals surface area contributed by atoms with Crippen LogP contribution in [0, 0.1) is 0 Å². The summed E-state index contributed by atoms with van der Waals surface area (Å²) in [7, 11) is 0. The predicted molar refractivity (Wildman–Crippen MR) is 56.6 cm³/mol. The maximum absolute atomic E-state index is 3.46. The molecule has 0 heterocycles. The first-order valence-corrected chi connectivity index (χ1v) is 5.38. The summed E-state index contributed by atoms with van der Waals surface area (Å²) in [5.74, 6) is 0. The molecule has 1 aromatic rings. The fourth-order valence-corrected chi connectivity index (χ4v) is 1.18. The van der Waals surface area contributed by atoms with Gasteiger partial charge in [0, 0.05) is 11.0 Å². The van der Waals surface area contributed by atoms with Gasteiger partial charge in [0.15, 0.2) is 0 Å². The number of nitrogens with one attached hydrogen (secondary N) is 1. The second-order valence-electron chi connectivity index (χ2n) is 2.13. The number of alkyl halides is 2. The van der Waals surface area contributed by atoms with Crippen LogP contribution in [0.25, 0.3) is 0 Å². The molecular formula is C8H9Br2N. The van der Waals surface area contributed by atoms with E-state index in [1.54, 1.807) is 0 Å². The molecule has 1 N–H and O–H groups in total. The minimum absolute atomic E-state index is 0.296. The van der Waals surface area contributed by atoms with Gasteiger partial charge in [-0.05, 0) is 12.1 Å². The zero-order valence-corrected chi connectivity index (χ0v) is 9.10. The predicted octanol–water partition coefficient (Wildman–Crippen LogP) is 3.21. The van der Waals surface area contributed by atoms with Crippen LogP contribution in [-0.4, -0.2) is 10.3 Å². The van der Waals surface area contributed by atoms with E-state index in [9.17, 15) is 0 Å². The van der Waals surface area contributed by atoms with Crippen LogP contribution in [-0.2, 0) is 0 Å². The van der Waals surface area contributed by atoms with Crippen LogP contribution in [0.4, 0.5) is 5.69 Å². The highest BCUT2D eigenvalue weighted by molar-refractivity contribution is 9.12. The summed E-state index contributed by atoms with van der Waals surface area (Å²) in [6, 6.07) is 10.1. The largest absolute Gasteiger partial charge is 0.372 e. The first kappa shape index (κ1) is 9.07. The van der Waals surface area contributed by atoms with Crippen molar-refractivity contribution in [2.75, 3.05) is 10.6 Å². The van der Waals surface area contributed by atoms with Crippen molar-refractivity contribution in [1.29, 1.82) is 0 Å². The van der Waals surface area contributed by atoms with Gasteiger partial charge in [-0.15, -0.1) is 0 Å². The molecule has 0 aliphatic rings. The first-order valence-electron chi connectivity index (χ1n) is 3.34. The molecule has 0 amide bonds. The SMILES string of the molecule is BrCC(Br)Nc1ccccc1. The zero-order chi connectivity index (χ0) is 8.10. The van der Waals surface area contributed by atoms with Gasteiger partial charge in [0.1, 0.15) is 0 Å². The molecule has 0 saturated carbocycles. The Morgan fingerprint density at radius 3 is 2.45 bits per heavy atom. The van der Waals surface area contributed by atoms with E-state index in [4.69, 9.17) is 0 Å². The smallest absolute Gasteiger partial charge is 0.0915 e. The van der Waals surface area contributed by atoms with Gasteiger partial charge in [-0.2, -0.15) is 0 Å². The van der Waals surface area contributed by atoms with Crippen molar-refractivity contribution >= 4 is 37.5 Å². The van der Waals surface area contributed by atoms with Crippen molar-refractivity contribution in [3.63, 3.8) is 0 Å². The molecule has 0 aromatic heterocycles. The molecule has 0 radical (unpaired) electrons. The normalized spacial score (nSPS) is 12.5. The van der Waals surface area contributed by atoms with E-state index in [1.165, 1.54) is 0 Å². The summed E-state index contributed by atoms with van der Waals surface area (Å²) >= 11 is 6.82. The molecule has 0 fully saturated rings. The third-order valence-corrected chi connectivity index (χ3v) is 3.30. The number of hydrogen-bond acceptors (Lipinski definition) is 1. The number of rotatable bonds is 3. The van der Waals surface area contributed by atoms with E-state index >= 15 is 0 Å². The van der Waals surface area contributed by atoms with Crippen LogP contribution in [0.2, 0.25) is 0 Å². The zero-order valence-electron chi connectivity index (χ0n) is 5.93. The quantitative estimate of drug-likeness (QED) is 0.661. The molecule has 1 rings (SSSR count). The van der Waals surface area contributed by atoms with Gasteiger partial charge >= 0.3 is 0 Å². The van der Waals surface area contributed by atoms with Crippen molar-refractivity contribution in [3.8, 4) is 0 Å². The average Bonchev–Trinajstić information content (AvgIpc) is 2.06. The van der Waals surface area contributed by atoms with Crippen LogP contribution in [0.5, 0.6) is 0 Å². The molecule has 0 spiro atoms. The fourth-order valence-electron chi connectivity index (χ4n) is 0.754. The fraction of sp³-hybridized carbons (Fsp3) is 0.250. The number of halogens is 2. The molecule has 0 aliphatic carbocycles. The molecule has 3 heteroatoms. The van der Waals surface area contributed by atoms with E-state index < -0.39 is 0 Å². The first-order chi connectivity index (χ1) is 5.33. The summed E-state index contributed by atoms with van der Waals surface area (Å²) < 4.78 is 0. The lowest BCUT2D eigenvalue weighted by atomic mass is 10.3. The van der Waals surface area contributed by atoms with E-state index in [-0.39, 0.29) is 0 Å². The van der Waals surface area contributed by atoms with Crippen molar-refractivity contribution in [2.45, 2.75) is 4.95 Å². The Morgan fingerprint density at radius 1 is 1.27 bits per heavy atom. The number of benzene rings is 1. The Balaban J connectivity index is 2.51. The highest BCUT2D eigenvalue weighted by Gasteiger charge is 1.98. The van der Waals surface area contributed by atoms with Crippen molar-refractivity contribution in [2.24, 2.45) is 0 Å². The number of anilines is 1. The average molecular weight is 279 g/mol. The lowest BCUT2D eigenvalue weighted by Crippen LogP contribution is -2.12. The van der Waals surface area contributed by atoms with Crippen molar-refractivity contribution < 1.29 is 0 Å². The van der Waals surface area contributed by atoms with Crippen LogP contribution in [0.1, 0.15) is 0 Å². The van der Waals surface area contributed by atoms with E-state index in [1.807, 2.05) is 30.3 Å². The Hall–Kier alpha value is -0.0200. The minimum atomic E-state index is 0.296. The summed E-state index contributed by atoms with van der Waals surface area (Å²) in [5, 5.41) is 4.15. The van der Waals surface area contributed by atoms with E-state index in [2.05, 4.69) is 37.2 Å². The maximum atomic E-state index is 3.46. The Bertz CT molecular complexity index is 201. The molecule has 0 bridgehead atoms. The van der Waals surface area contributed by atoms with Crippen LogP contribution in [0.3, 0.4) is 0 Å². The summed E-state index contributed by atoms with van der Waals surface area (Å²) in [5.41, 5.74) is 1.13. The van der Waals surface area contributed by atoms with Gasteiger partial charge in [-0.3, -0.25) is 0 Å². The Morgan fingerprint density at radius 2 is 1.91 bits per heavy atom. The van der Waals surface area contributed by atoms with Crippen molar-refractivity contribution in [3.05, 3.63) is 30.3 Å². The van der Waals surface area contributed by atoms with Gasteiger partial charge in [0.25, 0.3) is 0 Å². The van der Waals surface area contributed by atoms with Gasteiger partial charge in [-0.25, -0.2) is 0 Å². The molecular weight excluding hydrogens is 270 g/mol. The highest BCUT2D eigenvalue weighted by Crippen LogP contribution is 2.11. The minimum Gasteiger partial charge on any atom is -0.372 e. The van der Waals surface area contributed by atoms with Crippen molar-refractivity contribution in [1.82, 2.24) is 0 Å². The second-order valence-corrected chi connectivity index (χ2v) is 3.89. The third-order valence-electron chi connectivity index (χ3n) is 1.23. The highest BCUT2D eigenvalue weighted by atomic mass is 79.9. The third kappa shape index (κ3) is 3.25. The summed E-state index contributed by atoms with van der Waals surface area (Å²) in [4.78, 5) is 0.296. The molecule has 1 aromatic carbocycles. The molecule has 1 atom stereocenters. The molecule has 1 nitrogen and oxygen atoms in total. The number of para-hydroxylation sites is 1. The molecule has 0 saturated heterocycles. The molecule has 0 aliphatic heterocycles. The van der Waals surface area contributed by atoms with Gasteiger partial charge in [0.05, 0.1) is 4.95 Å². The van der Waals surface area contributed by atoms with Gasteiger partial charge in [-0.1, -0.05) is 50.1 Å². The summed E-state index contributed by atoms with van der Waals surface area (Å²) in [6.07, 6.45) is 0. The molecule has 11 heavy (non-hydrogen) atoms. The number of hydrogen-bond donors (Lipinski definition) is 1. The van der Waals surface area contributed by atoms with Gasteiger partial charge in [0.2, 0.25) is 0 Å². The Kier molecular flexibility index (Phi) is 3.94. The summed E-state index contributed by atoms with van der Waals surface area (Å²) in [6.45, 7) is 0. The van der Waals surface area contributed by atoms with Crippen LogP contribution < -0.4 is 5.32 Å². The van der Waals surface area contributed by atoms with Crippen LogP contribution in [0.15, 0.2) is 30.3 Å². The standard InChI is InChI=1S/C8H9Br2N/c9-6-8(10)11-7-4-2-1-3-5-7/h1-5,8,11H,6H2. The second kappa shape index (κ2) is 4.78. The van der Waals surface area contributed by atoms with Gasteiger partial charge < -0.3 is 5.32 Å². The monoisotopic (exact) mass is 277 g/mol. The van der Waals surface area contributed by atoms with Crippen LogP contribution >= 0.6 is 31.9 Å². The maximum Gasteiger partial charge on any atom is 0.0915 e. The lowest BCUT2D eigenvalue weighted by Gasteiger charge is -2.09.